The van der Waals surface area contributed by atoms with Gasteiger partial charge in [-0.1, -0.05) is 29.4 Å². The van der Waals surface area contributed by atoms with Crippen LogP contribution in [0.1, 0.15) is 52.0 Å². The molecule has 0 aliphatic carbocycles. The second-order valence-electron chi connectivity index (χ2n) is 8.47. The highest BCUT2D eigenvalue weighted by atomic mass is 19.4. The van der Waals surface area contributed by atoms with Crippen LogP contribution >= 0.6 is 0 Å². The number of anilines is 1. The maximum absolute atomic E-state index is 12.7. The van der Waals surface area contributed by atoms with E-state index in [2.05, 4.69) is 10.5 Å². The number of halogens is 3. The standard InChI is InChI=1S/C28H23F3N2O4/c1-18(34)15-25(26-13-14-37-33-26)20-7-11-24(12-8-20)36-17-19-3-2-4-23(16-19)32-27(35)21-5-9-22(10-6-21)28(29,30)31/h2-14,16,25H,15,17H2,1H3,(H,32,35)/t25-/m0/s1. The molecule has 1 heterocycles. The molecule has 0 aliphatic heterocycles. The molecule has 4 rings (SSSR count). The number of Topliss-reactive ketones (excluding diaryl/α,β-unsaturated/α-hetero) is 1. The van der Waals surface area contributed by atoms with Gasteiger partial charge in [0.15, 0.2) is 0 Å². The summed E-state index contributed by atoms with van der Waals surface area (Å²) in [6, 6.07) is 20.1. The molecule has 1 N–H and O–H groups in total. The molecule has 9 heteroatoms. The Kier molecular flexibility index (Phi) is 7.71. The van der Waals surface area contributed by atoms with Crippen molar-refractivity contribution in [2.45, 2.75) is 32.0 Å². The first-order chi connectivity index (χ1) is 17.7. The van der Waals surface area contributed by atoms with Crippen molar-refractivity contribution in [3.63, 3.8) is 0 Å². The van der Waals surface area contributed by atoms with Crippen LogP contribution < -0.4 is 10.1 Å². The lowest BCUT2D eigenvalue weighted by molar-refractivity contribution is -0.137. The van der Waals surface area contributed by atoms with E-state index in [1.54, 1.807) is 36.4 Å². The summed E-state index contributed by atoms with van der Waals surface area (Å²) in [5.41, 5.74) is 2.16. The molecule has 0 aliphatic rings. The second kappa shape index (κ2) is 11.1. The van der Waals surface area contributed by atoms with Crippen molar-refractivity contribution in [1.82, 2.24) is 5.16 Å². The summed E-state index contributed by atoms with van der Waals surface area (Å²) in [4.78, 5) is 24.2. The highest BCUT2D eigenvalue weighted by Crippen LogP contribution is 2.30. The largest absolute Gasteiger partial charge is 0.489 e. The number of aromatic nitrogens is 1. The molecule has 1 atom stereocenters. The molecular weight excluding hydrogens is 485 g/mol. The first-order valence-corrected chi connectivity index (χ1v) is 11.4. The minimum atomic E-state index is -4.46. The number of nitrogens with one attached hydrogen (secondary N) is 1. The second-order valence-corrected chi connectivity index (χ2v) is 8.47. The Morgan fingerprint density at radius 3 is 2.35 bits per heavy atom. The predicted molar refractivity (Wildman–Crippen MR) is 130 cm³/mol. The summed E-state index contributed by atoms with van der Waals surface area (Å²) in [6.45, 7) is 1.76. The summed E-state index contributed by atoms with van der Waals surface area (Å²) in [5, 5.41) is 6.66. The van der Waals surface area contributed by atoms with Crippen molar-refractivity contribution in [3.05, 3.63) is 113 Å². The highest BCUT2D eigenvalue weighted by Gasteiger charge is 2.30. The number of ketones is 1. The number of alkyl halides is 3. The van der Waals surface area contributed by atoms with Crippen molar-refractivity contribution in [2.24, 2.45) is 0 Å². The van der Waals surface area contributed by atoms with Crippen LogP contribution in [0.25, 0.3) is 0 Å². The van der Waals surface area contributed by atoms with Gasteiger partial charge in [-0.2, -0.15) is 13.2 Å². The van der Waals surface area contributed by atoms with Crippen LogP contribution in [-0.2, 0) is 17.6 Å². The number of rotatable bonds is 9. The van der Waals surface area contributed by atoms with E-state index in [1.165, 1.54) is 13.2 Å². The lowest BCUT2D eigenvalue weighted by Crippen LogP contribution is -2.13. The fourth-order valence-electron chi connectivity index (χ4n) is 3.80. The fraction of sp³-hybridized carbons (Fsp3) is 0.179. The minimum Gasteiger partial charge on any atom is -0.489 e. The van der Waals surface area contributed by atoms with Gasteiger partial charge in [-0.15, -0.1) is 0 Å². The highest BCUT2D eigenvalue weighted by molar-refractivity contribution is 6.04. The molecule has 1 amide bonds. The predicted octanol–water partition coefficient (Wildman–Crippen LogP) is 6.64. The first kappa shape index (κ1) is 25.7. The van der Waals surface area contributed by atoms with Crippen LogP contribution in [0.3, 0.4) is 0 Å². The summed E-state index contributed by atoms with van der Waals surface area (Å²) in [7, 11) is 0. The topological polar surface area (TPSA) is 81.4 Å². The summed E-state index contributed by atoms with van der Waals surface area (Å²) in [5.74, 6) is -0.0758. The fourth-order valence-corrected chi connectivity index (χ4v) is 3.80. The molecular formula is C28H23F3N2O4. The third kappa shape index (κ3) is 6.84. The quantitative estimate of drug-likeness (QED) is 0.274. The van der Waals surface area contributed by atoms with Gasteiger partial charge in [0.05, 0.1) is 11.3 Å². The van der Waals surface area contributed by atoms with E-state index in [0.717, 1.165) is 35.4 Å². The van der Waals surface area contributed by atoms with Crippen LogP contribution in [-0.4, -0.2) is 16.8 Å². The number of hydrogen-bond donors (Lipinski definition) is 1. The molecule has 0 fully saturated rings. The van der Waals surface area contributed by atoms with Crippen LogP contribution in [0.4, 0.5) is 18.9 Å². The van der Waals surface area contributed by atoms with Gasteiger partial charge in [0.1, 0.15) is 24.4 Å². The van der Waals surface area contributed by atoms with Gasteiger partial charge in [0.25, 0.3) is 5.91 Å². The zero-order valence-corrected chi connectivity index (χ0v) is 19.8. The van der Waals surface area contributed by atoms with E-state index in [4.69, 9.17) is 9.26 Å². The molecule has 4 aromatic rings. The number of nitrogens with zero attached hydrogens (tertiary/aromatic N) is 1. The van der Waals surface area contributed by atoms with Crippen LogP contribution in [0.2, 0.25) is 0 Å². The Morgan fingerprint density at radius 2 is 1.73 bits per heavy atom. The molecule has 190 valence electrons. The van der Waals surface area contributed by atoms with Crippen molar-refractivity contribution in [2.75, 3.05) is 5.32 Å². The number of hydrogen-bond acceptors (Lipinski definition) is 5. The van der Waals surface area contributed by atoms with Gasteiger partial charge in [0, 0.05) is 29.7 Å². The zero-order valence-electron chi connectivity index (χ0n) is 19.8. The van der Waals surface area contributed by atoms with Gasteiger partial charge < -0.3 is 14.6 Å². The number of ether oxygens (including phenoxy) is 1. The number of carbonyl (C=O) groups is 2. The smallest absolute Gasteiger partial charge is 0.416 e. The van der Waals surface area contributed by atoms with Crippen molar-refractivity contribution in [1.29, 1.82) is 0 Å². The maximum Gasteiger partial charge on any atom is 0.416 e. The van der Waals surface area contributed by atoms with E-state index in [0.29, 0.717) is 23.6 Å². The lowest BCUT2D eigenvalue weighted by atomic mass is 9.91. The molecule has 6 nitrogen and oxygen atoms in total. The lowest BCUT2D eigenvalue weighted by Gasteiger charge is -2.14. The Bertz CT molecular complexity index is 1350. The molecule has 37 heavy (non-hydrogen) atoms. The van der Waals surface area contributed by atoms with Crippen LogP contribution in [0.5, 0.6) is 5.75 Å². The Labute approximate surface area is 211 Å². The van der Waals surface area contributed by atoms with Crippen LogP contribution in [0.15, 0.2) is 89.6 Å². The number of carbonyl (C=O) groups excluding carboxylic acids is 2. The monoisotopic (exact) mass is 508 g/mol. The van der Waals surface area contributed by atoms with Crippen molar-refractivity contribution < 1.29 is 32.0 Å². The zero-order chi connectivity index (χ0) is 26.4. The minimum absolute atomic E-state index is 0.0404. The SMILES string of the molecule is CC(=O)C[C@@H](c1ccc(OCc2cccc(NC(=O)c3ccc(C(F)(F)F)cc3)c2)cc1)c1ccon1. The van der Waals surface area contributed by atoms with Gasteiger partial charge in [0.2, 0.25) is 0 Å². The normalized spacial score (nSPS) is 12.1. The Hall–Kier alpha value is -4.40. The summed E-state index contributed by atoms with van der Waals surface area (Å²) < 4.78 is 49.0. The van der Waals surface area contributed by atoms with E-state index in [9.17, 15) is 22.8 Å². The third-order valence-corrected chi connectivity index (χ3v) is 5.65. The van der Waals surface area contributed by atoms with Crippen molar-refractivity contribution in [3.8, 4) is 5.75 Å². The maximum atomic E-state index is 12.7. The van der Waals surface area contributed by atoms with Crippen LogP contribution in [0, 0.1) is 0 Å². The molecule has 0 saturated heterocycles. The van der Waals surface area contributed by atoms with Gasteiger partial charge in [-0.3, -0.25) is 9.59 Å². The summed E-state index contributed by atoms with van der Waals surface area (Å²) in [6.07, 6.45) is -2.69. The van der Waals surface area contributed by atoms with Gasteiger partial charge in [-0.25, -0.2) is 0 Å². The number of benzene rings is 3. The van der Waals surface area contributed by atoms with Crippen molar-refractivity contribution >= 4 is 17.4 Å². The molecule has 0 radical (unpaired) electrons. The van der Waals surface area contributed by atoms with E-state index >= 15 is 0 Å². The molecule has 3 aromatic carbocycles. The number of amides is 1. The molecule has 0 bridgehead atoms. The average molecular weight is 508 g/mol. The summed E-state index contributed by atoms with van der Waals surface area (Å²) >= 11 is 0. The molecule has 1 aromatic heterocycles. The van der Waals surface area contributed by atoms with E-state index in [1.807, 2.05) is 18.2 Å². The molecule has 0 unspecified atom stereocenters. The van der Waals surface area contributed by atoms with Gasteiger partial charge >= 0.3 is 6.18 Å². The van der Waals surface area contributed by atoms with Gasteiger partial charge in [-0.05, 0) is 66.6 Å². The Balaban J connectivity index is 1.37. The molecule has 0 saturated carbocycles. The Morgan fingerprint density at radius 1 is 1.00 bits per heavy atom. The van der Waals surface area contributed by atoms with E-state index in [-0.39, 0.29) is 23.9 Å². The van der Waals surface area contributed by atoms with E-state index < -0.39 is 17.6 Å². The third-order valence-electron chi connectivity index (χ3n) is 5.65. The molecule has 0 spiro atoms. The first-order valence-electron chi connectivity index (χ1n) is 11.4. The average Bonchev–Trinajstić information content (AvgIpc) is 3.41.